The number of methoxy groups -OCH3 is 1. The Labute approximate surface area is 189 Å². The maximum atomic E-state index is 12.8. The van der Waals surface area contributed by atoms with Crippen molar-refractivity contribution in [2.75, 3.05) is 7.11 Å². The van der Waals surface area contributed by atoms with Gasteiger partial charge >= 0.3 is 11.9 Å². The van der Waals surface area contributed by atoms with Crippen LogP contribution in [0.4, 0.5) is 0 Å². The average Bonchev–Trinajstić information content (AvgIpc) is 3.19. The molecule has 1 N–H and O–H groups in total. The first-order chi connectivity index (χ1) is 14.9. The van der Waals surface area contributed by atoms with E-state index in [1.165, 1.54) is 14.0 Å². The molecule has 0 spiro atoms. The van der Waals surface area contributed by atoms with Gasteiger partial charge < -0.3 is 24.1 Å². The number of carbonyl (C=O) groups excluding carboxylic acids is 2. The normalized spacial score (nSPS) is 43.7. The largest absolute Gasteiger partial charge is 0.490 e. The third kappa shape index (κ3) is 3.41. The van der Waals surface area contributed by atoms with Crippen molar-refractivity contribution in [3.05, 3.63) is 34.3 Å². The average molecular weight is 447 g/mol. The quantitative estimate of drug-likeness (QED) is 0.510. The lowest BCUT2D eigenvalue weighted by molar-refractivity contribution is -0.201. The SMILES string of the molecule is COC1=C(C(C)C)[C@H]2C/C=C(/C)[C@H]3O[C@@](C)(O)[C@H]4C(=O)O/C(=C(\C)CC[C@]2(C)OC1=O)[C@@H]34. The predicted molar refractivity (Wildman–Crippen MR) is 116 cm³/mol. The number of allylic oxidation sites excluding steroid dienone is 2. The van der Waals surface area contributed by atoms with E-state index in [1.807, 2.05) is 20.8 Å². The van der Waals surface area contributed by atoms with E-state index in [0.717, 1.165) is 16.7 Å². The van der Waals surface area contributed by atoms with Gasteiger partial charge in [-0.25, -0.2) is 4.79 Å². The van der Waals surface area contributed by atoms with Crippen molar-refractivity contribution in [3.63, 3.8) is 0 Å². The highest BCUT2D eigenvalue weighted by Gasteiger charge is 2.62. The minimum atomic E-state index is -1.59. The Kier molecular flexibility index (Phi) is 5.57. The maximum Gasteiger partial charge on any atom is 0.374 e. The molecular formula is C25H34O7. The van der Waals surface area contributed by atoms with Crippen LogP contribution in [0.1, 0.15) is 60.8 Å². The van der Waals surface area contributed by atoms with Crippen LogP contribution in [-0.4, -0.2) is 41.6 Å². The summed E-state index contributed by atoms with van der Waals surface area (Å²) in [4.78, 5) is 25.5. The van der Waals surface area contributed by atoms with Gasteiger partial charge in [-0.15, -0.1) is 0 Å². The summed E-state index contributed by atoms with van der Waals surface area (Å²) in [5.41, 5.74) is 2.06. The summed E-state index contributed by atoms with van der Waals surface area (Å²) < 4.78 is 23.2. The summed E-state index contributed by atoms with van der Waals surface area (Å²) in [5, 5.41) is 10.9. The number of hydrogen-bond acceptors (Lipinski definition) is 7. The van der Waals surface area contributed by atoms with Gasteiger partial charge in [0.15, 0.2) is 5.79 Å². The summed E-state index contributed by atoms with van der Waals surface area (Å²) >= 11 is 0. The lowest BCUT2D eigenvalue weighted by Gasteiger charge is -2.43. The molecule has 7 nitrogen and oxygen atoms in total. The van der Waals surface area contributed by atoms with Crippen LogP contribution in [0.5, 0.6) is 0 Å². The van der Waals surface area contributed by atoms with Crippen molar-refractivity contribution in [2.45, 2.75) is 78.3 Å². The fraction of sp³-hybridized carbons (Fsp3) is 0.680. The molecule has 3 aliphatic heterocycles. The number of aliphatic hydroxyl groups is 1. The minimum Gasteiger partial charge on any atom is -0.490 e. The first-order valence-corrected chi connectivity index (χ1v) is 11.4. The molecule has 1 aliphatic carbocycles. The maximum absolute atomic E-state index is 12.8. The molecule has 7 heteroatoms. The van der Waals surface area contributed by atoms with Crippen LogP contribution < -0.4 is 0 Å². The number of ether oxygens (including phenoxy) is 4. The van der Waals surface area contributed by atoms with E-state index in [1.54, 1.807) is 0 Å². The van der Waals surface area contributed by atoms with E-state index >= 15 is 0 Å². The first-order valence-electron chi connectivity index (χ1n) is 11.4. The topological polar surface area (TPSA) is 91.3 Å². The Balaban J connectivity index is 1.84. The Morgan fingerprint density at radius 3 is 2.53 bits per heavy atom. The molecule has 0 aromatic carbocycles. The van der Waals surface area contributed by atoms with Crippen molar-refractivity contribution < 1.29 is 33.6 Å². The molecule has 4 aliphatic rings. The number of rotatable bonds is 2. The summed E-state index contributed by atoms with van der Waals surface area (Å²) in [6.45, 7) is 11.5. The molecule has 6 atom stereocenters. The van der Waals surface area contributed by atoms with Gasteiger partial charge in [0.25, 0.3) is 0 Å². The van der Waals surface area contributed by atoms with Crippen molar-refractivity contribution >= 4 is 11.9 Å². The van der Waals surface area contributed by atoms with E-state index in [4.69, 9.17) is 18.9 Å². The van der Waals surface area contributed by atoms with Crippen molar-refractivity contribution in [3.8, 4) is 0 Å². The van der Waals surface area contributed by atoms with Gasteiger partial charge in [-0.05, 0) is 69.6 Å². The Morgan fingerprint density at radius 1 is 1.22 bits per heavy atom. The molecule has 0 aromatic rings. The summed E-state index contributed by atoms with van der Waals surface area (Å²) in [5.74, 6) is -2.68. The van der Waals surface area contributed by atoms with Gasteiger partial charge in [0.2, 0.25) is 5.76 Å². The monoisotopic (exact) mass is 446 g/mol. The number of carbonyl (C=O) groups is 2. The van der Waals surface area contributed by atoms with Gasteiger partial charge in [0, 0.05) is 5.92 Å². The lowest BCUT2D eigenvalue weighted by atomic mass is 9.72. The van der Waals surface area contributed by atoms with E-state index < -0.39 is 35.3 Å². The standard InChI is InChI=1S/C25H34O7/c1-12(2)16-15-9-8-13(3)20-17-18(25(6,28)31-20)22(26)30-19(17)14(4)10-11-24(15,5)32-23(27)21(16)29-7/h8,12,15,17-18,20,28H,9-11H2,1-7H3/b13-8-,19-14+/t15-,17+,18-,20-,24+,25-/m1/s1. The third-order valence-corrected chi connectivity index (χ3v) is 7.65. The molecule has 4 rings (SSSR count). The van der Waals surface area contributed by atoms with Crippen LogP contribution in [0.2, 0.25) is 0 Å². The van der Waals surface area contributed by atoms with Crippen LogP contribution in [0, 0.1) is 23.7 Å². The van der Waals surface area contributed by atoms with Crippen molar-refractivity contribution in [1.82, 2.24) is 0 Å². The van der Waals surface area contributed by atoms with Crippen LogP contribution in [-0.2, 0) is 28.5 Å². The van der Waals surface area contributed by atoms with Crippen molar-refractivity contribution in [1.29, 1.82) is 0 Å². The molecule has 32 heavy (non-hydrogen) atoms. The summed E-state index contributed by atoms with van der Waals surface area (Å²) in [7, 11) is 1.51. The highest BCUT2D eigenvalue weighted by atomic mass is 16.7. The van der Waals surface area contributed by atoms with Gasteiger partial charge in [0.05, 0.1) is 19.1 Å². The van der Waals surface area contributed by atoms with Crippen molar-refractivity contribution in [2.24, 2.45) is 23.7 Å². The molecule has 3 heterocycles. The molecule has 176 valence electrons. The molecule has 0 bridgehead atoms. The first kappa shape index (κ1) is 23.1. The predicted octanol–water partition coefficient (Wildman–Crippen LogP) is 3.78. The molecule has 0 amide bonds. The van der Waals surface area contributed by atoms with Gasteiger partial charge in [-0.1, -0.05) is 19.9 Å². The van der Waals surface area contributed by atoms with E-state index in [0.29, 0.717) is 30.8 Å². The number of esters is 2. The second kappa shape index (κ2) is 7.73. The zero-order chi connectivity index (χ0) is 23.6. The molecular weight excluding hydrogens is 412 g/mol. The van der Waals surface area contributed by atoms with Gasteiger partial charge in [-0.3, -0.25) is 4.79 Å². The third-order valence-electron chi connectivity index (χ3n) is 7.65. The molecule has 2 saturated heterocycles. The number of hydrogen-bond donors (Lipinski definition) is 1. The van der Waals surface area contributed by atoms with E-state index in [2.05, 4.69) is 19.9 Å². The fourth-order valence-electron chi connectivity index (χ4n) is 5.93. The zero-order valence-electron chi connectivity index (χ0n) is 20.0. The Hall–Kier alpha value is -2.12. The highest BCUT2D eigenvalue weighted by Crippen LogP contribution is 2.53. The molecule has 0 radical (unpaired) electrons. The lowest BCUT2D eigenvalue weighted by Crippen LogP contribution is -2.46. The summed E-state index contributed by atoms with van der Waals surface area (Å²) in [6.07, 6.45) is 3.42. The fourth-order valence-corrected chi connectivity index (χ4v) is 5.93. The second-order valence-corrected chi connectivity index (χ2v) is 10.2. The minimum absolute atomic E-state index is 0.0684. The van der Waals surface area contributed by atoms with Crippen LogP contribution in [0.3, 0.4) is 0 Å². The van der Waals surface area contributed by atoms with Crippen LogP contribution in [0.25, 0.3) is 0 Å². The Morgan fingerprint density at radius 2 is 1.91 bits per heavy atom. The Bertz CT molecular complexity index is 938. The number of fused-ring (bicyclic) bond motifs is 1. The van der Waals surface area contributed by atoms with E-state index in [9.17, 15) is 14.7 Å². The van der Waals surface area contributed by atoms with Crippen LogP contribution in [0.15, 0.2) is 34.3 Å². The smallest absolute Gasteiger partial charge is 0.374 e. The van der Waals surface area contributed by atoms with Gasteiger partial charge in [-0.2, -0.15) is 0 Å². The summed E-state index contributed by atoms with van der Waals surface area (Å²) in [6, 6.07) is 0. The second-order valence-electron chi connectivity index (χ2n) is 10.2. The van der Waals surface area contributed by atoms with Crippen LogP contribution >= 0.6 is 0 Å². The molecule has 0 saturated carbocycles. The molecule has 2 fully saturated rings. The molecule has 0 aromatic heterocycles. The van der Waals surface area contributed by atoms with Gasteiger partial charge in [0.1, 0.15) is 17.3 Å². The highest BCUT2D eigenvalue weighted by molar-refractivity contribution is 5.89. The zero-order valence-corrected chi connectivity index (χ0v) is 20.0. The molecule has 0 unspecified atom stereocenters. The van der Waals surface area contributed by atoms with E-state index in [-0.39, 0.29) is 17.8 Å².